The fourth-order valence-corrected chi connectivity index (χ4v) is 2.65. The lowest BCUT2D eigenvalue weighted by molar-refractivity contribution is 0.177. The van der Waals surface area contributed by atoms with Crippen LogP contribution in [-0.4, -0.2) is 5.11 Å². The molecule has 1 N–H and O–H groups in total. The van der Waals surface area contributed by atoms with Gasteiger partial charge in [-0.3, -0.25) is 0 Å². The van der Waals surface area contributed by atoms with Gasteiger partial charge >= 0.3 is 0 Å². The Morgan fingerprint density at radius 2 is 1.95 bits per heavy atom. The molecule has 1 nitrogen and oxygen atoms in total. The number of hydrogen-bond acceptors (Lipinski definition) is 1. The Balaban J connectivity index is 2.25. The Labute approximate surface area is 121 Å². The average Bonchev–Trinajstić information content (AvgIpc) is 2.34. The highest BCUT2D eigenvalue weighted by atomic mass is 79.9. The number of aliphatic hydroxyl groups is 1. The maximum Gasteiger partial charge on any atom is 0.137 e. The Hall–Kier alpha value is -1.19. The second-order valence-electron chi connectivity index (χ2n) is 4.79. The van der Waals surface area contributed by atoms with Crippen LogP contribution in [0.1, 0.15) is 28.4 Å². The van der Waals surface area contributed by atoms with Crippen molar-refractivity contribution < 1.29 is 9.50 Å². The van der Waals surface area contributed by atoms with Crippen LogP contribution < -0.4 is 0 Å². The maximum absolute atomic E-state index is 13.4. The highest BCUT2D eigenvalue weighted by molar-refractivity contribution is 9.10. The minimum atomic E-state index is -0.626. The van der Waals surface area contributed by atoms with Crippen LogP contribution in [0.15, 0.2) is 40.9 Å². The molecule has 2 aromatic carbocycles. The highest BCUT2D eigenvalue weighted by Gasteiger charge is 2.14. The summed E-state index contributed by atoms with van der Waals surface area (Å²) in [5, 5.41) is 10.3. The van der Waals surface area contributed by atoms with E-state index in [2.05, 4.69) is 15.9 Å². The molecule has 100 valence electrons. The summed E-state index contributed by atoms with van der Waals surface area (Å²) in [4.78, 5) is 0. The van der Waals surface area contributed by atoms with E-state index in [1.807, 2.05) is 38.1 Å². The lowest BCUT2D eigenvalue weighted by atomic mass is 9.96. The van der Waals surface area contributed by atoms with E-state index < -0.39 is 6.10 Å². The van der Waals surface area contributed by atoms with Gasteiger partial charge < -0.3 is 5.11 Å². The van der Waals surface area contributed by atoms with Crippen LogP contribution in [0.3, 0.4) is 0 Å². The molecule has 2 rings (SSSR count). The van der Waals surface area contributed by atoms with Gasteiger partial charge in [-0.1, -0.05) is 35.9 Å². The standard InChI is InChI=1S/C16H16BrFO/c1-10-6-7-13(11(2)8-10)15(19)9-12-4-3-5-14(18)16(12)17/h3-8,15,19H,9H2,1-2H3. The van der Waals surface area contributed by atoms with E-state index in [1.165, 1.54) is 11.6 Å². The molecule has 2 aromatic rings. The molecule has 1 atom stereocenters. The van der Waals surface area contributed by atoms with Gasteiger partial charge in [0, 0.05) is 6.42 Å². The number of aryl methyl sites for hydroxylation is 2. The molecule has 1 unspecified atom stereocenters. The van der Waals surface area contributed by atoms with Crippen LogP contribution in [0, 0.1) is 19.7 Å². The minimum absolute atomic E-state index is 0.301. The molecule has 0 spiro atoms. The van der Waals surface area contributed by atoms with Crippen molar-refractivity contribution in [3.8, 4) is 0 Å². The van der Waals surface area contributed by atoms with Crippen LogP contribution in [-0.2, 0) is 6.42 Å². The van der Waals surface area contributed by atoms with Gasteiger partial charge in [-0.25, -0.2) is 4.39 Å². The first-order chi connectivity index (χ1) is 8.99. The Morgan fingerprint density at radius 3 is 2.63 bits per heavy atom. The van der Waals surface area contributed by atoms with Gasteiger partial charge in [0.25, 0.3) is 0 Å². The second kappa shape index (κ2) is 5.85. The fourth-order valence-electron chi connectivity index (χ4n) is 2.22. The summed E-state index contributed by atoms with van der Waals surface area (Å²) < 4.78 is 13.9. The fraction of sp³-hybridized carbons (Fsp3) is 0.250. The van der Waals surface area contributed by atoms with Gasteiger partial charge in [-0.05, 0) is 52.5 Å². The van der Waals surface area contributed by atoms with E-state index in [1.54, 1.807) is 6.07 Å². The minimum Gasteiger partial charge on any atom is -0.388 e. The van der Waals surface area contributed by atoms with Crippen LogP contribution >= 0.6 is 15.9 Å². The number of hydrogen-bond donors (Lipinski definition) is 1. The van der Waals surface area contributed by atoms with E-state index in [0.717, 1.165) is 16.7 Å². The first-order valence-electron chi connectivity index (χ1n) is 6.17. The van der Waals surface area contributed by atoms with Gasteiger partial charge in [0.2, 0.25) is 0 Å². The third kappa shape index (κ3) is 3.23. The number of halogens is 2. The summed E-state index contributed by atoms with van der Waals surface area (Å²) in [7, 11) is 0. The molecule has 0 aliphatic rings. The van der Waals surface area contributed by atoms with Crippen molar-refractivity contribution in [2.45, 2.75) is 26.4 Å². The molecule has 0 bridgehead atoms. The van der Waals surface area contributed by atoms with Crippen molar-refractivity contribution in [3.63, 3.8) is 0 Å². The second-order valence-corrected chi connectivity index (χ2v) is 5.59. The van der Waals surface area contributed by atoms with E-state index in [-0.39, 0.29) is 5.82 Å². The summed E-state index contributed by atoms with van der Waals surface area (Å²) in [5.74, 6) is -0.301. The smallest absolute Gasteiger partial charge is 0.137 e. The molecule has 0 fully saturated rings. The van der Waals surface area contributed by atoms with Crippen molar-refractivity contribution in [1.29, 1.82) is 0 Å². The van der Waals surface area contributed by atoms with Crippen molar-refractivity contribution in [1.82, 2.24) is 0 Å². The number of aliphatic hydroxyl groups excluding tert-OH is 1. The molecule has 0 aliphatic carbocycles. The normalized spacial score (nSPS) is 12.5. The van der Waals surface area contributed by atoms with Crippen LogP contribution in [0.2, 0.25) is 0 Å². The van der Waals surface area contributed by atoms with Gasteiger partial charge in [0.05, 0.1) is 10.6 Å². The summed E-state index contributed by atoms with van der Waals surface area (Å²) in [6, 6.07) is 10.8. The quantitative estimate of drug-likeness (QED) is 0.883. The van der Waals surface area contributed by atoms with E-state index in [0.29, 0.717) is 10.9 Å². The summed E-state index contributed by atoms with van der Waals surface area (Å²) in [6.45, 7) is 4.00. The first kappa shape index (κ1) is 14.2. The van der Waals surface area contributed by atoms with Crippen molar-refractivity contribution in [2.24, 2.45) is 0 Å². The van der Waals surface area contributed by atoms with Gasteiger partial charge in [-0.15, -0.1) is 0 Å². The lowest BCUT2D eigenvalue weighted by Crippen LogP contribution is -2.05. The molecule has 0 saturated carbocycles. The van der Waals surface area contributed by atoms with Gasteiger partial charge in [0.1, 0.15) is 5.82 Å². The SMILES string of the molecule is Cc1ccc(C(O)Cc2cccc(F)c2Br)c(C)c1. The third-order valence-electron chi connectivity index (χ3n) is 3.23. The summed E-state index contributed by atoms with van der Waals surface area (Å²) in [5.41, 5.74) is 3.88. The zero-order valence-corrected chi connectivity index (χ0v) is 12.5. The lowest BCUT2D eigenvalue weighted by Gasteiger charge is -2.15. The molecule has 0 radical (unpaired) electrons. The average molecular weight is 323 g/mol. The topological polar surface area (TPSA) is 20.2 Å². The van der Waals surface area contributed by atoms with Gasteiger partial charge in [-0.2, -0.15) is 0 Å². The van der Waals surface area contributed by atoms with Gasteiger partial charge in [0.15, 0.2) is 0 Å². The molecule has 0 aliphatic heterocycles. The maximum atomic E-state index is 13.4. The Morgan fingerprint density at radius 1 is 1.21 bits per heavy atom. The monoisotopic (exact) mass is 322 g/mol. The number of benzene rings is 2. The van der Waals surface area contributed by atoms with E-state index in [4.69, 9.17) is 0 Å². The zero-order valence-electron chi connectivity index (χ0n) is 11.0. The highest BCUT2D eigenvalue weighted by Crippen LogP contribution is 2.27. The van der Waals surface area contributed by atoms with E-state index >= 15 is 0 Å². The molecule has 0 heterocycles. The van der Waals surface area contributed by atoms with Crippen molar-refractivity contribution in [3.05, 3.63) is 68.9 Å². The molecule has 19 heavy (non-hydrogen) atoms. The number of rotatable bonds is 3. The van der Waals surface area contributed by atoms with Crippen LogP contribution in [0.4, 0.5) is 4.39 Å². The van der Waals surface area contributed by atoms with Crippen LogP contribution in [0.25, 0.3) is 0 Å². The van der Waals surface area contributed by atoms with Crippen molar-refractivity contribution in [2.75, 3.05) is 0 Å². The van der Waals surface area contributed by atoms with Crippen molar-refractivity contribution >= 4 is 15.9 Å². The molecular weight excluding hydrogens is 307 g/mol. The Bertz CT molecular complexity index is 595. The van der Waals surface area contributed by atoms with Crippen LogP contribution in [0.5, 0.6) is 0 Å². The first-order valence-corrected chi connectivity index (χ1v) is 6.96. The van der Waals surface area contributed by atoms with E-state index in [9.17, 15) is 9.50 Å². The summed E-state index contributed by atoms with van der Waals surface area (Å²) in [6.07, 6.45) is -0.235. The predicted molar refractivity (Wildman–Crippen MR) is 78.7 cm³/mol. The molecule has 0 aromatic heterocycles. The third-order valence-corrected chi connectivity index (χ3v) is 4.12. The molecule has 3 heteroatoms. The largest absolute Gasteiger partial charge is 0.388 e. The molecular formula is C16H16BrFO. The molecule has 0 amide bonds. The summed E-state index contributed by atoms with van der Waals surface area (Å²) >= 11 is 3.23. The Kier molecular flexibility index (Phi) is 4.38. The zero-order chi connectivity index (χ0) is 14.0. The molecule has 0 saturated heterocycles. The predicted octanol–water partition coefficient (Wildman–Crippen LogP) is 4.48.